The van der Waals surface area contributed by atoms with Gasteiger partial charge in [-0.05, 0) is 49.4 Å². The molecule has 2 heterocycles. The number of carbonyl (C=O) groups is 4. The molecule has 2 aromatic carbocycles. The Morgan fingerprint density at radius 2 is 1.85 bits per heavy atom. The fourth-order valence-electron chi connectivity index (χ4n) is 3.89. The van der Waals surface area contributed by atoms with Crippen LogP contribution in [-0.2, 0) is 20.5 Å². The van der Waals surface area contributed by atoms with Crippen LogP contribution in [-0.4, -0.2) is 40.4 Å². The SMILES string of the molecule is Cc1cc(C(F)(F)F)c(C#N)c(SC2CC(=O)N(c3ccc(C(=O)OCC(=O)c4ccccc4Cl)cc3)C2=O)n1. The zero-order valence-corrected chi connectivity index (χ0v) is 22.1. The van der Waals surface area contributed by atoms with Crippen molar-refractivity contribution in [2.75, 3.05) is 11.5 Å². The van der Waals surface area contributed by atoms with Gasteiger partial charge in [0.2, 0.25) is 17.6 Å². The van der Waals surface area contributed by atoms with Crippen molar-refractivity contribution in [2.24, 2.45) is 0 Å². The van der Waals surface area contributed by atoms with Gasteiger partial charge in [-0.15, -0.1) is 0 Å². The molecule has 204 valence electrons. The molecule has 13 heteroatoms. The van der Waals surface area contributed by atoms with Crippen LogP contribution in [0.5, 0.6) is 0 Å². The Morgan fingerprint density at radius 1 is 1.18 bits per heavy atom. The number of amides is 2. The average molecular weight is 588 g/mol. The van der Waals surface area contributed by atoms with Gasteiger partial charge < -0.3 is 4.74 Å². The number of hydrogen-bond donors (Lipinski definition) is 0. The highest BCUT2D eigenvalue weighted by molar-refractivity contribution is 8.00. The van der Waals surface area contributed by atoms with E-state index in [1.54, 1.807) is 12.1 Å². The molecule has 0 aliphatic carbocycles. The molecule has 0 spiro atoms. The number of rotatable bonds is 7. The number of alkyl halides is 3. The molecule has 1 unspecified atom stereocenters. The van der Waals surface area contributed by atoms with E-state index in [-0.39, 0.29) is 39.0 Å². The summed E-state index contributed by atoms with van der Waals surface area (Å²) < 4.78 is 45.3. The van der Waals surface area contributed by atoms with Crippen LogP contribution >= 0.6 is 23.4 Å². The first-order valence-electron chi connectivity index (χ1n) is 11.5. The van der Waals surface area contributed by atoms with E-state index in [4.69, 9.17) is 16.3 Å². The van der Waals surface area contributed by atoms with Crippen LogP contribution in [0.15, 0.2) is 59.6 Å². The molecule has 0 saturated carbocycles. The smallest absolute Gasteiger partial charge is 0.417 e. The fraction of sp³-hybridized carbons (Fsp3) is 0.185. The number of carbonyl (C=O) groups excluding carboxylic acids is 4. The van der Waals surface area contributed by atoms with Crippen molar-refractivity contribution in [3.8, 4) is 6.07 Å². The second-order valence-corrected chi connectivity index (χ2v) is 10.1. The van der Waals surface area contributed by atoms with Crippen LogP contribution in [0.3, 0.4) is 0 Å². The van der Waals surface area contributed by atoms with E-state index in [2.05, 4.69) is 4.98 Å². The van der Waals surface area contributed by atoms with Crippen molar-refractivity contribution in [1.29, 1.82) is 5.26 Å². The van der Waals surface area contributed by atoms with Crippen LogP contribution < -0.4 is 4.90 Å². The zero-order valence-electron chi connectivity index (χ0n) is 20.5. The number of benzene rings is 2. The van der Waals surface area contributed by atoms with Gasteiger partial charge in [-0.1, -0.05) is 35.5 Å². The lowest BCUT2D eigenvalue weighted by molar-refractivity contribution is -0.138. The van der Waals surface area contributed by atoms with Crippen LogP contribution in [0.25, 0.3) is 0 Å². The van der Waals surface area contributed by atoms with E-state index in [0.717, 1.165) is 11.0 Å². The highest BCUT2D eigenvalue weighted by Gasteiger charge is 2.42. The van der Waals surface area contributed by atoms with Crippen LogP contribution in [0, 0.1) is 18.3 Å². The lowest BCUT2D eigenvalue weighted by Gasteiger charge is -2.16. The van der Waals surface area contributed by atoms with Gasteiger partial charge in [0.1, 0.15) is 11.1 Å². The Balaban J connectivity index is 1.46. The van der Waals surface area contributed by atoms with E-state index in [9.17, 15) is 37.6 Å². The van der Waals surface area contributed by atoms with Gasteiger partial charge in [-0.25, -0.2) is 14.7 Å². The van der Waals surface area contributed by atoms with Crippen LogP contribution in [0.2, 0.25) is 5.02 Å². The van der Waals surface area contributed by atoms with Crippen molar-refractivity contribution in [3.05, 3.63) is 87.6 Å². The van der Waals surface area contributed by atoms with Crippen molar-refractivity contribution < 1.29 is 37.1 Å². The molecule has 0 radical (unpaired) electrons. The van der Waals surface area contributed by atoms with Crippen LogP contribution in [0.1, 0.15) is 44.0 Å². The Morgan fingerprint density at radius 3 is 2.48 bits per heavy atom. The highest BCUT2D eigenvalue weighted by atomic mass is 35.5. The molecule has 1 aliphatic rings. The second kappa shape index (κ2) is 11.5. The molecule has 1 aliphatic heterocycles. The van der Waals surface area contributed by atoms with Crippen molar-refractivity contribution >= 4 is 52.6 Å². The summed E-state index contributed by atoms with van der Waals surface area (Å²) in [7, 11) is 0. The highest BCUT2D eigenvalue weighted by Crippen LogP contribution is 2.39. The van der Waals surface area contributed by atoms with E-state index < -0.39 is 52.7 Å². The maximum atomic E-state index is 13.4. The van der Waals surface area contributed by atoms with E-state index in [1.807, 2.05) is 0 Å². The van der Waals surface area contributed by atoms with Gasteiger partial charge in [-0.3, -0.25) is 14.4 Å². The molecule has 1 atom stereocenters. The number of Topliss-reactive ketones (excluding diaryl/α,β-unsaturated/α-hetero) is 1. The molecule has 8 nitrogen and oxygen atoms in total. The first-order chi connectivity index (χ1) is 18.9. The number of imide groups is 1. The number of nitriles is 1. The summed E-state index contributed by atoms with van der Waals surface area (Å²) in [6, 6.07) is 13.8. The van der Waals surface area contributed by atoms with Gasteiger partial charge in [0.25, 0.3) is 0 Å². The molecule has 0 N–H and O–H groups in total. The number of thioether (sulfide) groups is 1. The van der Waals surface area contributed by atoms with Crippen LogP contribution in [0.4, 0.5) is 18.9 Å². The number of nitrogens with zero attached hydrogens (tertiary/aromatic N) is 3. The lowest BCUT2D eigenvalue weighted by atomic mass is 10.1. The van der Waals surface area contributed by atoms with Gasteiger partial charge >= 0.3 is 12.1 Å². The average Bonchev–Trinajstić information content (AvgIpc) is 3.18. The first kappa shape index (κ1) is 28.8. The molecule has 1 aromatic heterocycles. The number of esters is 1. The minimum Gasteiger partial charge on any atom is -0.454 e. The third-order valence-corrected chi connectivity index (χ3v) is 7.26. The maximum Gasteiger partial charge on any atom is 0.417 e. The summed E-state index contributed by atoms with van der Waals surface area (Å²) in [6.45, 7) is 0.772. The summed E-state index contributed by atoms with van der Waals surface area (Å²) in [5.74, 6) is -2.66. The Kier molecular flexibility index (Phi) is 8.27. The summed E-state index contributed by atoms with van der Waals surface area (Å²) >= 11 is 6.58. The predicted molar refractivity (Wildman–Crippen MR) is 138 cm³/mol. The third-order valence-electron chi connectivity index (χ3n) is 5.76. The summed E-state index contributed by atoms with van der Waals surface area (Å²) in [5, 5.41) is 8.16. The molecule has 1 saturated heterocycles. The number of hydrogen-bond acceptors (Lipinski definition) is 8. The quantitative estimate of drug-likeness (QED) is 0.205. The lowest BCUT2D eigenvalue weighted by Crippen LogP contribution is -2.31. The molecular formula is C27H17ClF3N3O5S. The predicted octanol–water partition coefficient (Wildman–Crippen LogP) is 5.40. The van der Waals surface area contributed by atoms with E-state index in [0.29, 0.717) is 11.8 Å². The van der Waals surface area contributed by atoms with Gasteiger partial charge in [0.15, 0.2) is 6.61 Å². The largest absolute Gasteiger partial charge is 0.454 e. The number of aryl methyl sites for hydroxylation is 1. The fourth-order valence-corrected chi connectivity index (χ4v) is 5.30. The van der Waals surface area contributed by atoms with Crippen molar-refractivity contribution in [1.82, 2.24) is 4.98 Å². The normalized spacial score (nSPS) is 15.2. The van der Waals surface area contributed by atoms with Gasteiger partial charge in [0, 0.05) is 17.7 Å². The molecule has 1 fully saturated rings. The summed E-state index contributed by atoms with van der Waals surface area (Å²) in [6.07, 6.45) is -5.14. The minimum atomic E-state index is -4.81. The number of ether oxygens (including phenoxy) is 1. The number of aromatic nitrogens is 1. The minimum absolute atomic E-state index is 0.00139. The number of ketones is 1. The monoisotopic (exact) mass is 587 g/mol. The standard InChI is InChI=1S/C27H17ClF3N3O5S/c1-14-10-19(27(29,30)31)18(12-32)24(33-14)40-22-11-23(36)34(25(22)37)16-8-6-15(7-9-16)26(38)39-13-21(35)17-4-2-3-5-20(17)28/h2-10,22H,11,13H2,1H3. The number of anilines is 1. The van der Waals surface area contributed by atoms with Crippen molar-refractivity contribution in [3.63, 3.8) is 0 Å². The molecule has 40 heavy (non-hydrogen) atoms. The van der Waals surface area contributed by atoms with E-state index >= 15 is 0 Å². The second-order valence-electron chi connectivity index (χ2n) is 8.50. The molecule has 3 aromatic rings. The summed E-state index contributed by atoms with van der Waals surface area (Å²) in [5.41, 5.74) is -1.53. The maximum absolute atomic E-state index is 13.4. The van der Waals surface area contributed by atoms with Crippen molar-refractivity contribution in [2.45, 2.75) is 29.8 Å². The molecule has 2 amide bonds. The number of halogens is 4. The Bertz CT molecular complexity index is 1570. The molecule has 0 bridgehead atoms. The topological polar surface area (TPSA) is 117 Å². The Hall–Kier alpha value is -4.21. The van der Waals surface area contributed by atoms with Gasteiger partial charge in [-0.2, -0.15) is 18.4 Å². The first-order valence-corrected chi connectivity index (χ1v) is 12.7. The molecular weight excluding hydrogens is 571 g/mol. The molecule has 4 rings (SSSR count). The zero-order chi connectivity index (χ0) is 29.2. The third kappa shape index (κ3) is 6.00. The summed E-state index contributed by atoms with van der Waals surface area (Å²) in [4.78, 5) is 55.2. The Labute approximate surface area is 234 Å². The number of pyridine rings is 1. The van der Waals surface area contributed by atoms with Gasteiger partial charge in [0.05, 0.1) is 32.7 Å². The van der Waals surface area contributed by atoms with E-state index in [1.165, 1.54) is 49.4 Å².